The number of hydrogen-bond acceptors (Lipinski definition) is 6. The second-order valence-corrected chi connectivity index (χ2v) is 7.97. The summed E-state index contributed by atoms with van der Waals surface area (Å²) in [6.45, 7) is 7.07. The van der Waals surface area contributed by atoms with E-state index in [1.807, 2.05) is 24.7 Å². The number of morpholine rings is 1. The van der Waals surface area contributed by atoms with Gasteiger partial charge in [0.05, 0.1) is 30.1 Å². The summed E-state index contributed by atoms with van der Waals surface area (Å²) in [6, 6.07) is 16.7. The van der Waals surface area contributed by atoms with E-state index < -0.39 is 0 Å². The molecule has 1 saturated heterocycles. The molecular weight excluding hydrogens is 388 g/mol. The number of nitrogens with zero attached hydrogens (tertiary/aromatic N) is 5. The van der Waals surface area contributed by atoms with Crippen molar-refractivity contribution in [3.63, 3.8) is 0 Å². The molecule has 7 nitrogen and oxygen atoms in total. The van der Waals surface area contributed by atoms with Gasteiger partial charge in [-0.15, -0.1) is 0 Å². The van der Waals surface area contributed by atoms with E-state index in [4.69, 9.17) is 14.7 Å². The Morgan fingerprint density at radius 3 is 2.48 bits per heavy atom. The van der Waals surface area contributed by atoms with Gasteiger partial charge in [-0.25, -0.2) is 4.98 Å². The molecule has 3 heterocycles. The van der Waals surface area contributed by atoms with Gasteiger partial charge in [0.15, 0.2) is 0 Å². The fourth-order valence-electron chi connectivity index (χ4n) is 3.93. The summed E-state index contributed by atoms with van der Waals surface area (Å²) in [4.78, 5) is 11.9. The van der Waals surface area contributed by atoms with Gasteiger partial charge in [-0.3, -0.25) is 4.68 Å². The van der Waals surface area contributed by atoms with E-state index in [1.165, 1.54) is 5.56 Å². The zero-order valence-electron chi connectivity index (χ0n) is 18.1. The Balaban J connectivity index is 1.58. The van der Waals surface area contributed by atoms with Crippen LogP contribution in [0.3, 0.4) is 0 Å². The minimum atomic E-state index is 0.689. The molecule has 7 heteroatoms. The Hall–Kier alpha value is -3.45. The van der Waals surface area contributed by atoms with Crippen LogP contribution in [-0.2, 0) is 11.8 Å². The molecule has 4 aromatic rings. The third-order valence-corrected chi connectivity index (χ3v) is 5.66. The van der Waals surface area contributed by atoms with Crippen LogP contribution in [0.2, 0.25) is 0 Å². The van der Waals surface area contributed by atoms with Crippen molar-refractivity contribution in [3.8, 4) is 11.3 Å². The van der Waals surface area contributed by atoms with Gasteiger partial charge in [0, 0.05) is 42.8 Å². The molecule has 5 rings (SSSR count). The maximum absolute atomic E-state index is 5.51. The molecule has 158 valence electrons. The lowest BCUT2D eigenvalue weighted by atomic mass is 10.1. The number of ether oxygens (including phenoxy) is 1. The molecule has 0 bridgehead atoms. The Morgan fingerprint density at radius 2 is 1.71 bits per heavy atom. The number of benzene rings is 2. The maximum atomic E-state index is 5.51. The second kappa shape index (κ2) is 8.00. The van der Waals surface area contributed by atoms with Crippen LogP contribution < -0.4 is 10.2 Å². The van der Waals surface area contributed by atoms with Gasteiger partial charge < -0.3 is 15.0 Å². The van der Waals surface area contributed by atoms with E-state index in [2.05, 4.69) is 64.7 Å². The number of anilines is 3. The van der Waals surface area contributed by atoms with Gasteiger partial charge in [0.2, 0.25) is 5.95 Å². The zero-order valence-corrected chi connectivity index (χ0v) is 18.1. The molecule has 1 aliphatic heterocycles. The molecule has 0 spiro atoms. The summed E-state index contributed by atoms with van der Waals surface area (Å²) in [7, 11) is 1.97. The molecule has 2 aromatic carbocycles. The molecule has 0 radical (unpaired) electrons. The first-order valence-corrected chi connectivity index (χ1v) is 10.6. The van der Waals surface area contributed by atoms with Gasteiger partial charge in [0.1, 0.15) is 5.82 Å². The summed E-state index contributed by atoms with van der Waals surface area (Å²) in [6.07, 6.45) is 0. The summed E-state index contributed by atoms with van der Waals surface area (Å²) in [5.41, 5.74) is 6.27. The highest BCUT2D eigenvalue weighted by Crippen LogP contribution is 2.29. The van der Waals surface area contributed by atoms with Gasteiger partial charge in [-0.2, -0.15) is 10.1 Å². The topological polar surface area (TPSA) is 68.1 Å². The largest absolute Gasteiger partial charge is 0.378 e. The van der Waals surface area contributed by atoms with E-state index in [9.17, 15) is 0 Å². The minimum Gasteiger partial charge on any atom is -0.378 e. The number of nitrogens with one attached hydrogen (secondary N) is 1. The van der Waals surface area contributed by atoms with Crippen LogP contribution in [0.5, 0.6) is 0 Å². The fraction of sp³-hybridized carbons (Fsp3) is 0.292. The first kappa shape index (κ1) is 19.5. The first-order chi connectivity index (χ1) is 15.1. The molecule has 31 heavy (non-hydrogen) atoms. The second-order valence-electron chi connectivity index (χ2n) is 7.97. The van der Waals surface area contributed by atoms with Crippen molar-refractivity contribution in [1.29, 1.82) is 0 Å². The quantitative estimate of drug-likeness (QED) is 0.539. The average molecular weight is 415 g/mol. The van der Waals surface area contributed by atoms with Crippen molar-refractivity contribution in [3.05, 3.63) is 59.8 Å². The molecular formula is C24H26N6O. The van der Waals surface area contributed by atoms with Crippen molar-refractivity contribution < 1.29 is 4.74 Å². The van der Waals surface area contributed by atoms with Crippen molar-refractivity contribution in [1.82, 2.24) is 19.7 Å². The van der Waals surface area contributed by atoms with Crippen molar-refractivity contribution >= 4 is 28.4 Å². The van der Waals surface area contributed by atoms with Crippen LogP contribution >= 0.6 is 0 Å². The molecule has 2 aromatic heterocycles. The SMILES string of the molecule is Cc1ccc(Nc2cc(-c3ccc4c(C)nn(C)c4c3)nc(N3CCOCC3)n2)cc1. The minimum absolute atomic E-state index is 0.689. The molecule has 0 saturated carbocycles. The molecule has 0 unspecified atom stereocenters. The molecule has 1 fully saturated rings. The zero-order chi connectivity index (χ0) is 21.4. The lowest BCUT2D eigenvalue weighted by molar-refractivity contribution is 0.122. The van der Waals surface area contributed by atoms with Gasteiger partial charge in [-0.1, -0.05) is 29.8 Å². The molecule has 1 aliphatic rings. The maximum Gasteiger partial charge on any atom is 0.228 e. The summed E-state index contributed by atoms with van der Waals surface area (Å²) in [5, 5.41) is 9.15. The molecule has 0 amide bonds. The molecule has 0 atom stereocenters. The molecule has 0 aliphatic carbocycles. The highest BCUT2D eigenvalue weighted by molar-refractivity contribution is 5.86. The van der Waals surface area contributed by atoms with Crippen molar-refractivity contribution in [2.75, 3.05) is 36.5 Å². The summed E-state index contributed by atoms with van der Waals surface area (Å²) in [5.74, 6) is 1.49. The number of aromatic nitrogens is 4. The van der Waals surface area contributed by atoms with E-state index in [-0.39, 0.29) is 0 Å². The van der Waals surface area contributed by atoms with Crippen LogP contribution in [0, 0.1) is 13.8 Å². The number of rotatable bonds is 4. The van der Waals surface area contributed by atoms with Crippen molar-refractivity contribution in [2.45, 2.75) is 13.8 Å². The predicted octanol–water partition coefficient (Wildman–Crippen LogP) is 4.23. The van der Waals surface area contributed by atoms with Crippen LogP contribution in [0.15, 0.2) is 48.5 Å². The Kier molecular flexibility index (Phi) is 5.03. The third kappa shape index (κ3) is 3.96. The van der Waals surface area contributed by atoms with Gasteiger partial charge >= 0.3 is 0 Å². The number of hydrogen-bond donors (Lipinski definition) is 1. The van der Waals surface area contributed by atoms with Crippen molar-refractivity contribution in [2.24, 2.45) is 7.05 Å². The van der Waals surface area contributed by atoms with E-state index in [0.29, 0.717) is 13.2 Å². The number of fused-ring (bicyclic) bond motifs is 1. The lowest BCUT2D eigenvalue weighted by Gasteiger charge is -2.27. The Labute approximate surface area is 181 Å². The Bertz CT molecular complexity index is 1230. The van der Waals surface area contributed by atoms with E-state index in [1.54, 1.807) is 0 Å². The smallest absolute Gasteiger partial charge is 0.228 e. The third-order valence-electron chi connectivity index (χ3n) is 5.66. The molecule has 1 N–H and O–H groups in total. The van der Waals surface area contributed by atoms with Crippen LogP contribution in [-0.4, -0.2) is 46.1 Å². The standard InChI is InChI=1S/C24H26N6O/c1-16-4-7-19(8-5-16)25-23-15-21(26-24(27-23)30-10-12-31-13-11-30)18-6-9-20-17(2)28-29(3)22(20)14-18/h4-9,14-15H,10-13H2,1-3H3,(H,25,26,27). The van der Waals surface area contributed by atoms with Crippen LogP contribution in [0.1, 0.15) is 11.3 Å². The fourth-order valence-corrected chi connectivity index (χ4v) is 3.93. The van der Waals surface area contributed by atoms with Gasteiger partial charge in [0.25, 0.3) is 0 Å². The van der Waals surface area contributed by atoms with Crippen LogP contribution in [0.4, 0.5) is 17.5 Å². The normalized spacial score (nSPS) is 14.2. The van der Waals surface area contributed by atoms with Crippen LogP contribution in [0.25, 0.3) is 22.2 Å². The van der Waals surface area contributed by atoms with Gasteiger partial charge in [-0.05, 0) is 32.0 Å². The summed E-state index contributed by atoms with van der Waals surface area (Å²) >= 11 is 0. The monoisotopic (exact) mass is 414 g/mol. The van der Waals surface area contributed by atoms with E-state index >= 15 is 0 Å². The Morgan fingerprint density at radius 1 is 0.935 bits per heavy atom. The van der Waals surface area contributed by atoms with E-state index in [0.717, 1.165) is 58.4 Å². The average Bonchev–Trinajstić information content (AvgIpc) is 3.08. The number of aryl methyl sites for hydroxylation is 3. The first-order valence-electron chi connectivity index (χ1n) is 10.6. The summed E-state index contributed by atoms with van der Waals surface area (Å²) < 4.78 is 7.43. The highest BCUT2D eigenvalue weighted by Gasteiger charge is 2.17. The predicted molar refractivity (Wildman–Crippen MR) is 124 cm³/mol. The highest BCUT2D eigenvalue weighted by atomic mass is 16.5. The lowest BCUT2D eigenvalue weighted by Crippen LogP contribution is -2.37.